The summed E-state index contributed by atoms with van der Waals surface area (Å²) < 4.78 is 11.4. The molecule has 0 heterocycles. The highest BCUT2D eigenvalue weighted by atomic mass is 32.2. The van der Waals surface area contributed by atoms with Crippen LogP contribution in [0.5, 0.6) is 11.5 Å². The Labute approximate surface area is 180 Å². The minimum absolute atomic E-state index is 0.0671. The molecule has 2 aromatic rings. The lowest BCUT2D eigenvalue weighted by molar-refractivity contribution is -0.128. The van der Waals surface area contributed by atoms with Gasteiger partial charge in [0.05, 0.1) is 12.0 Å². The quantitative estimate of drug-likeness (QED) is 0.425. The van der Waals surface area contributed by atoms with Crippen LogP contribution in [0.4, 0.5) is 0 Å². The molecular weight excluding hydrogens is 380 g/mol. The van der Waals surface area contributed by atoms with Gasteiger partial charge in [0, 0.05) is 17.1 Å². The van der Waals surface area contributed by atoms with Gasteiger partial charge in [0.2, 0.25) is 0 Å². The summed E-state index contributed by atoms with van der Waals surface area (Å²) in [5.74, 6) is 1.74. The summed E-state index contributed by atoms with van der Waals surface area (Å²) in [4.78, 5) is 12.2. The van der Waals surface area contributed by atoms with Crippen molar-refractivity contribution in [2.24, 2.45) is 5.41 Å². The van der Waals surface area contributed by atoms with E-state index in [1.54, 1.807) is 0 Å². The van der Waals surface area contributed by atoms with E-state index in [-0.39, 0.29) is 23.2 Å². The van der Waals surface area contributed by atoms with Crippen LogP contribution in [0.3, 0.4) is 0 Å². The zero-order valence-corrected chi connectivity index (χ0v) is 19.6. The number of ether oxygens (including phenoxy) is 1. The number of ketones is 1. The van der Waals surface area contributed by atoms with Crippen molar-refractivity contribution < 1.29 is 13.7 Å². The van der Waals surface area contributed by atoms with E-state index in [0.29, 0.717) is 0 Å². The summed E-state index contributed by atoms with van der Waals surface area (Å²) in [6, 6.07) is 14.8. The third kappa shape index (κ3) is 5.36. The van der Waals surface area contributed by atoms with Gasteiger partial charge in [-0.3, -0.25) is 4.79 Å². The normalized spacial score (nSPS) is 12.0. The molecule has 0 N–H and O–H groups in total. The first kappa shape index (κ1) is 23.3. The molecule has 0 aliphatic heterocycles. The molecule has 0 atom stereocenters. The third-order valence-electron chi connectivity index (χ3n) is 5.72. The van der Waals surface area contributed by atoms with Crippen LogP contribution < -0.4 is 8.92 Å². The first-order chi connectivity index (χ1) is 13.7. The van der Waals surface area contributed by atoms with Gasteiger partial charge in [-0.2, -0.15) is 0 Å². The van der Waals surface area contributed by atoms with E-state index < -0.39 is 0 Å². The maximum absolute atomic E-state index is 12.2. The fourth-order valence-electron chi connectivity index (χ4n) is 3.63. The molecule has 4 heteroatoms. The smallest absolute Gasteiger partial charge is 0.175 e. The Morgan fingerprint density at radius 2 is 1.55 bits per heavy atom. The van der Waals surface area contributed by atoms with Crippen molar-refractivity contribution in [3.8, 4) is 11.5 Å². The monoisotopic (exact) mass is 414 g/mol. The molecule has 0 aromatic heterocycles. The number of rotatable bonds is 9. The molecule has 0 unspecified atom stereocenters. The van der Waals surface area contributed by atoms with Gasteiger partial charge in [-0.15, -0.1) is 0 Å². The van der Waals surface area contributed by atoms with Crippen LogP contribution in [0, 0.1) is 12.3 Å². The Balaban J connectivity index is 2.31. The molecule has 0 fully saturated rings. The number of aryl methyl sites for hydroxylation is 1. The van der Waals surface area contributed by atoms with E-state index >= 15 is 0 Å². The van der Waals surface area contributed by atoms with Crippen molar-refractivity contribution in [2.75, 3.05) is 12.9 Å². The van der Waals surface area contributed by atoms with E-state index in [1.807, 2.05) is 52.1 Å². The number of hydrogen-bond donors (Lipinski definition) is 0. The summed E-state index contributed by atoms with van der Waals surface area (Å²) in [5.41, 5.74) is 3.15. The number of hydrogen-bond acceptors (Lipinski definition) is 4. The second-order valence-corrected chi connectivity index (χ2v) is 9.01. The van der Waals surface area contributed by atoms with Gasteiger partial charge in [0.25, 0.3) is 0 Å². The first-order valence-corrected chi connectivity index (χ1v) is 11.4. The van der Waals surface area contributed by atoms with Crippen LogP contribution in [0.15, 0.2) is 42.5 Å². The molecular formula is C25H34O3S. The molecule has 29 heavy (non-hydrogen) atoms. The minimum Gasteiger partial charge on any atom is -0.486 e. The molecule has 0 bridgehead atoms. The molecule has 0 saturated heterocycles. The summed E-state index contributed by atoms with van der Waals surface area (Å²) in [7, 11) is 0. The van der Waals surface area contributed by atoms with Crippen LogP contribution >= 0.6 is 12.0 Å². The molecule has 0 radical (unpaired) electrons. The van der Waals surface area contributed by atoms with E-state index in [9.17, 15) is 4.79 Å². The average molecular weight is 415 g/mol. The van der Waals surface area contributed by atoms with Crippen LogP contribution in [-0.4, -0.2) is 18.6 Å². The zero-order chi connectivity index (χ0) is 21.7. The van der Waals surface area contributed by atoms with Crippen LogP contribution in [0.25, 0.3) is 0 Å². The Morgan fingerprint density at radius 3 is 2.03 bits per heavy atom. The molecule has 0 saturated carbocycles. The van der Waals surface area contributed by atoms with Gasteiger partial charge >= 0.3 is 0 Å². The highest BCUT2D eigenvalue weighted by Crippen LogP contribution is 2.41. The van der Waals surface area contributed by atoms with Gasteiger partial charge in [-0.05, 0) is 54.7 Å². The third-order valence-corrected chi connectivity index (χ3v) is 6.08. The minimum atomic E-state index is -0.389. The van der Waals surface area contributed by atoms with Crippen molar-refractivity contribution in [1.29, 1.82) is 0 Å². The molecule has 0 aliphatic carbocycles. The average Bonchev–Trinajstić information content (AvgIpc) is 2.69. The predicted octanol–water partition coefficient (Wildman–Crippen LogP) is 6.75. The topological polar surface area (TPSA) is 35.5 Å². The van der Waals surface area contributed by atoms with Gasteiger partial charge in [0.1, 0.15) is 18.1 Å². The summed E-state index contributed by atoms with van der Waals surface area (Å²) >= 11 is 1.35. The lowest BCUT2D eigenvalue weighted by Gasteiger charge is -2.34. The number of Topliss-reactive ketones (excluding diaryl/α,β-unsaturated/α-hetero) is 1. The van der Waals surface area contributed by atoms with E-state index in [0.717, 1.165) is 29.9 Å². The summed E-state index contributed by atoms with van der Waals surface area (Å²) in [6.45, 7) is 12.4. The van der Waals surface area contributed by atoms with Gasteiger partial charge in [0.15, 0.2) is 5.78 Å². The van der Waals surface area contributed by atoms with Crippen LogP contribution in [-0.2, 0) is 10.2 Å². The molecule has 0 aliphatic rings. The number of carbonyl (C=O) groups excluding carboxylic acids is 1. The second-order valence-electron chi connectivity index (χ2n) is 8.51. The Bertz CT molecular complexity index is 815. The van der Waals surface area contributed by atoms with Gasteiger partial charge < -0.3 is 8.92 Å². The molecule has 2 aromatic carbocycles. The first-order valence-electron chi connectivity index (χ1n) is 10.3. The fraction of sp³-hybridized carbons (Fsp3) is 0.480. The van der Waals surface area contributed by atoms with Gasteiger partial charge in [-0.1, -0.05) is 58.9 Å². The van der Waals surface area contributed by atoms with E-state index in [2.05, 4.69) is 38.1 Å². The molecule has 158 valence electrons. The van der Waals surface area contributed by atoms with Crippen LogP contribution in [0.1, 0.15) is 64.2 Å². The van der Waals surface area contributed by atoms with Crippen molar-refractivity contribution in [1.82, 2.24) is 0 Å². The van der Waals surface area contributed by atoms with Gasteiger partial charge in [-0.25, -0.2) is 0 Å². The van der Waals surface area contributed by atoms with E-state index in [1.165, 1.54) is 23.2 Å². The maximum Gasteiger partial charge on any atom is 0.175 e. The fourth-order valence-corrected chi connectivity index (χ4v) is 3.93. The van der Waals surface area contributed by atoms with Crippen molar-refractivity contribution in [3.63, 3.8) is 0 Å². The molecule has 0 amide bonds. The molecule has 0 spiro atoms. The summed E-state index contributed by atoms with van der Waals surface area (Å²) in [5, 5.41) is 0. The van der Waals surface area contributed by atoms with Crippen molar-refractivity contribution in [3.05, 3.63) is 59.2 Å². The highest BCUT2D eigenvalue weighted by Gasteiger charge is 2.31. The maximum atomic E-state index is 12.2. The van der Waals surface area contributed by atoms with Crippen molar-refractivity contribution in [2.45, 2.75) is 59.8 Å². The SMILES string of the molecule is CCC(CC)(c1ccc(OSC)cc1)c1ccc(OCC(=O)C(C)(C)C)c(C)c1. The molecule has 3 nitrogen and oxygen atoms in total. The highest BCUT2D eigenvalue weighted by molar-refractivity contribution is 7.94. The van der Waals surface area contributed by atoms with Crippen LogP contribution in [0.2, 0.25) is 0 Å². The zero-order valence-electron chi connectivity index (χ0n) is 18.8. The van der Waals surface area contributed by atoms with Crippen molar-refractivity contribution >= 4 is 17.8 Å². The predicted molar refractivity (Wildman–Crippen MR) is 123 cm³/mol. The Kier molecular flexibility index (Phi) is 7.81. The van der Waals surface area contributed by atoms with E-state index in [4.69, 9.17) is 8.92 Å². The Hall–Kier alpha value is -1.94. The summed E-state index contributed by atoms with van der Waals surface area (Å²) in [6.07, 6.45) is 3.90. The number of benzene rings is 2. The lowest BCUT2D eigenvalue weighted by atomic mass is 9.70. The second kappa shape index (κ2) is 9.71. The standard InChI is InChI=1S/C25H34O3S/c1-8-25(9-2,19-10-13-21(14-11-19)28-29-7)20-12-15-22(18(3)16-20)27-17-23(26)24(4,5)6/h10-16H,8-9,17H2,1-7H3. The lowest BCUT2D eigenvalue weighted by Crippen LogP contribution is -2.27. The largest absolute Gasteiger partial charge is 0.486 e. The molecule has 2 rings (SSSR count). The Morgan fingerprint density at radius 1 is 0.966 bits per heavy atom. The number of carbonyl (C=O) groups is 1.